The maximum absolute atomic E-state index is 12.0. The van der Waals surface area contributed by atoms with Crippen LogP contribution in [0, 0.1) is 0 Å². The second-order valence-corrected chi connectivity index (χ2v) is 6.77. The monoisotopic (exact) mass is 437 g/mol. The summed E-state index contributed by atoms with van der Waals surface area (Å²) >= 11 is 5.89. The highest BCUT2D eigenvalue weighted by Gasteiger charge is 2.13. The van der Waals surface area contributed by atoms with Gasteiger partial charge in [-0.1, -0.05) is 41.9 Å². The van der Waals surface area contributed by atoms with Crippen LogP contribution in [-0.4, -0.2) is 25.1 Å². The van der Waals surface area contributed by atoms with Crippen molar-refractivity contribution >= 4 is 35.3 Å². The van der Waals surface area contributed by atoms with E-state index < -0.39 is 11.8 Å². The summed E-state index contributed by atoms with van der Waals surface area (Å²) in [5.41, 5.74) is 4.24. The third-order valence-corrected chi connectivity index (χ3v) is 4.38. The Morgan fingerprint density at radius 1 is 1.00 bits per heavy atom. The van der Waals surface area contributed by atoms with E-state index in [1.54, 1.807) is 48.5 Å². The van der Waals surface area contributed by atoms with Crippen molar-refractivity contribution in [1.82, 2.24) is 5.43 Å². The van der Waals surface area contributed by atoms with Crippen LogP contribution in [0.2, 0.25) is 5.02 Å². The van der Waals surface area contributed by atoms with Gasteiger partial charge in [-0.05, 0) is 42.0 Å². The van der Waals surface area contributed by atoms with E-state index in [9.17, 15) is 9.59 Å². The summed E-state index contributed by atoms with van der Waals surface area (Å²) in [5.74, 6) is -0.612. The molecule has 2 amide bonds. The third kappa shape index (κ3) is 6.58. The zero-order valence-electron chi connectivity index (χ0n) is 16.7. The second-order valence-electron chi connectivity index (χ2n) is 6.34. The first-order valence-corrected chi connectivity index (χ1v) is 9.67. The first kappa shape index (κ1) is 21.9. The van der Waals surface area contributed by atoms with Crippen LogP contribution in [0.25, 0.3) is 0 Å². The lowest BCUT2D eigenvalue weighted by Crippen LogP contribution is -2.32. The van der Waals surface area contributed by atoms with Crippen molar-refractivity contribution in [3.05, 3.63) is 88.9 Å². The molecule has 3 aromatic carbocycles. The molecule has 8 heteroatoms. The molecule has 0 fully saturated rings. The summed E-state index contributed by atoms with van der Waals surface area (Å²) in [5, 5.41) is 6.99. The lowest BCUT2D eigenvalue weighted by molar-refractivity contribution is -0.136. The maximum Gasteiger partial charge on any atom is 0.329 e. The van der Waals surface area contributed by atoms with E-state index in [1.807, 2.05) is 24.3 Å². The van der Waals surface area contributed by atoms with Crippen LogP contribution in [0.3, 0.4) is 0 Å². The number of carbonyl (C=O) groups is 2. The number of anilines is 1. The summed E-state index contributed by atoms with van der Waals surface area (Å²) in [4.78, 5) is 24.0. The lowest BCUT2D eigenvalue weighted by Gasteiger charge is -2.09. The molecule has 31 heavy (non-hydrogen) atoms. The Bertz CT molecular complexity index is 1080. The number of rotatable bonds is 7. The minimum atomic E-state index is -0.904. The number of benzene rings is 3. The normalized spacial score (nSPS) is 10.5. The number of hydrazone groups is 1. The second kappa shape index (κ2) is 10.8. The largest absolute Gasteiger partial charge is 0.497 e. The average Bonchev–Trinajstić information content (AvgIpc) is 2.79. The van der Waals surface area contributed by atoms with Gasteiger partial charge >= 0.3 is 11.8 Å². The minimum absolute atomic E-state index is 0.345. The summed E-state index contributed by atoms with van der Waals surface area (Å²) in [6.45, 7) is 0.345. The van der Waals surface area contributed by atoms with E-state index in [-0.39, 0.29) is 0 Å². The Balaban J connectivity index is 1.56. The molecule has 0 saturated heterocycles. The van der Waals surface area contributed by atoms with Crippen LogP contribution in [0.1, 0.15) is 11.1 Å². The highest BCUT2D eigenvalue weighted by molar-refractivity contribution is 6.39. The standard InChI is InChI=1S/C23H20ClN3O4/c1-30-20-7-4-6-19(13-20)26-22(28)23(29)27-25-14-17-5-2-3-8-21(17)31-15-16-9-11-18(24)12-10-16/h2-14H,15H2,1H3,(H,26,28)(H,27,29)/b25-14+. The van der Waals surface area contributed by atoms with E-state index in [1.165, 1.54) is 13.3 Å². The Hall–Kier alpha value is -3.84. The van der Waals surface area contributed by atoms with Crippen molar-refractivity contribution in [3.8, 4) is 11.5 Å². The summed E-state index contributed by atoms with van der Waals surface area (Å²) in [7, 11) is 1.51. The van der Waals surface area contributed by atoms with Gasteiger partial charge in [0, 0.05) is 22.3 Å². The predicted octanol–water partition coefficient (Wildman–Crippen LogP) is 4.02. The molecule has 0 heterocycles. The zero-order chi connectivity index (χ0) is 22.1. The molecular weight excluding hydrogens is 418 g/mol. The van der Waals surface area contributed by atoms with Gasteiger partial charge in [0.1, 0.15) is 18.1 Å². The Kier molecular flexibility index (Phi) is 7.61. The van der Waals surface area contributed by atoms with E-state index >= 15 is 0 Å². The molecule has 0 bridgehead atoms. The summed E-state index contributed by atoms with van der Waals surface area (Å²) in [6.07, 6.45) is 1.41. The molecule has 0 aliphatic rings. The predicted molar refractivity (Wildman–Crippen MR) is 120 cm³/mol. The van der Waals surface area contributed by atoms with Crippen LogP contribution in [0.4, 0.5) is 5.69 Å². The summed E-state index contributed by atoms with van der Waals surface area (Å²) < 4.78 is 10.9. The van der Waals surface area contributed by atoms with Crippen molar-refractivity contribution in [2.45, 2.75) is 6.61 Å². The number of methoxy groups -OCH3 is 1. The van der Waals surface area contributed by atoms with Crippen molar-refractivity contribution in [1.29, 1.82) is 0 Å². The number of para-hydroxylation sites is 1. The Morgan fingerprint density at radius 2 is 1.77 bits per heavy atom. The quantitative estimate of drug-likeness (QED) is 0.332. The fraction of sp³-hybridized carbons (Fsp3) is 0.0870. The number of ether oxygens (including phenoxy) is 2. The molecule has 7 nitrogen and oxygen atoms in total. The van der Waals surface area contributed by atoms with Gasteiger partial charge in [-0.15, -0.1) is 0 Å². The number of hydrogen-bond donors (Lipinski definition) is 2. The molecule has 0 radical (unpaired) electrons. The molecule has 0 aromatic heterocycles. The smallest absolute Gasteiger partial charge is 0.329 e. The molecule has 3 rings (SSSR count). The summed E-state index contributed by atoms with van der Waals surface area (Å²) in [6, 6.07) is 21.2. The van der Waals surface area contributed by atoms with Crippen LogP contribution in [-0.2, 0) is 16.2 Å². The minimum Gasteiger partial charge on any atom is -0.497 e. The van der Waals surface area contributed by atoms with E-state index in [0.29, 0.717) is 34.4 Å². The van der Waals surface area contributed by atoms with Gasteiger partial charge in [-0.3, -0.25) is 9.59 Å². The van der Waals surface area contributed by atoms with Gasteiger partial charge in [-0.2, -0.15) is 5.10 Å². The first-order chi connectivity index (χ1) is 15.0. The van der Waals surface area contributed by atoms with Gasteiger partial charge in [0.25, 0.3) is 0 Å². The Labute approximate surface area is 184 Å². The molecule has 2 N–H and O–H groups in total. The first-order valence-electron chi connectivity index (χ1n) is 9.30. The average molecular weight is 438 g/mol. The molecule has 0 aliphatic carbocycles. The highest BCUT2D eigenvalue weighted by atomic mass is 35.5. The molecule has 0 spiro atoms. The van der Waals surface area contributed by atoms with Crippen molar-refractivity contribution in [2.24, 2.45) is 5.10 Å². The molecule has 3 aromatic rings. The molecule has 0 saturated carbocycles. The number of nitrogens with one attached hydrogen (secondary N) is 2. The van der Waals surface area contributed by atoms with Gasteiger partial charge < -0.3 is 14.8 Å². The van der Waals surface area contributed by atoms with E-state index in [4.69, 9.17) is 21.1 Å². The van der Waals surface area contributed by atoms with E-state index in [0.717, 1.165) is 5.56 Å². The number of hydrogen-bond acceptors (Lipinski definition) is 5. The Morgan fingerprint density at radius 3 is 2.55 bits per heavy atom. The van der Waals surface area contributed by atoms with Gasteiger partial charge in [-0.25, -0.2) is 5.43 Å². The van der Waals surface area contributed by atoms with Crippen molar-refractivity contribution in [2.75, 3.05) is 12.4 Å². The van der Waals surface area contributed by atoms with Gasteiger partial charge in [0.15, 0.2) is 0 Å². The van der Waals surface area contributed by atoms with Crippen molar-refractivity contribution < 1.29 is 19.1 Å². The fourth-order valence-corrected chi connectivity index (χ4v) is 2.69. The van der Waals surface area contributed by atoms with Crippen LogP contribution in [0.5, 0.6) is 11.5 Å². The number of amides is 2. The molecule has 0 unspecified atom stereocenters. The molecule has 0 aliphatic heterocycles. The fourth-order valence-electron chi connectivity index (χ4n) is 2.56. The van der Waals surface area contributed by atoms with Crippen LogP contribution >= 0.6 is 11.6 Å². The van der Waals surface area contributed by atoms with Gasteiger partial charge in [0.2, 0.25) is 0 Å². The number of halogens is 1. The molecular formula is C23H20ClN3O4. The SMILES string of the molecule is COc1cccc(NC(=O)C(=O)N/N=C/c2ccccc2OCc2ccc(Cl)cc2)c1. The maximum atomic E-state index is 12.0. The highest BCUT2D eigenvalue weighted by Crippen LogP contribution is 2.19. The zero-order valence-corrected chi connectivity index (χ0v) is 17.4. The molecule has 0 atom stereocenters. The van der Waals surface area contributed by atoms with Crippen LogP contribution in [0.15, 0.2) is 77.9 Å². The van der Waals surface area contributed by atoms with Gasteiger partial charge in [0.05, 0.1) is 13.3 Å². The topological polar surface area (TPSA) is 89.0 Å². The van der Waals surface area contributed by atoms with Crippen molar-refractivity contribution in [3.63, 3.8) is 0 Å². The van der Waals surface area contributed by atoms with E-state index in [2.05, 4.69) is 15.8 Å². The number of nitrogens with zero attached hydrogens (tertiary/aromatic N) is 1. The third-order valence-electron chi connectivity index (χ3n) is 4.13. The lowest BCUT2D eigenvalue weighted by atomic mass is 10.2. The van der Waals surface area contributed by atoms with Crippen LogP contribution < -0.4 is 20.2 Å². The molecule has 158 valence electrons. The number of carbonyl (C=O) groups excluding carboxylic acids is 2.